The first-order valence-electron chi connectivity index (χ1n) is 32.6. The molecule has 0 aliphatic carbocycles. The fourth-order valence-corrected chi connectivity index (χ4v) is 14.0. The third kappa shape index (κ3) is 10.5. The predicted octanol–water partition coefficient (Wildman–Crippen LogP) is 23.5. The van der Waals surface area contributed by atoms with Gasteiger partial charge in [0.25, 0.3) is 0 Å². The van der Waals surface area contributed by atoms with Gasteiger partial charge >= 0.3 is 0 Å². The van der Waals surface area contributed by atoms with Gasteiger partial charge in [-0.1, -0.05) is 237 Å². The summed E-state index contributed by atoms with van der Waals surface area (Å²) >= 11 is 0. The van der Waals surface area contributed by atoms with E-state index in [1.807, 2.05) is 12.3 Å². The van der Waals surface area contributed by atoms with Crippen LogP contribution < -0.4 is 14.5 Å². The van der Waals surface area contributed by atoms with E-state index in [1.165, 1.54) is 83.0 Å². The SMILES string of the molecule is CC(C)(C)c1cc(-c2cccc(-c3cc(C(C)(C)C)cc(C(C)(C)C)c3)c2N2[CH-]N(c3[c-]c(Oc4[c-]c5c(cc4)c4c6c(ccc4n5-c4cc(C(C)(C)C)ccn4)-n4c5ccccc5c5cccc(c54)-c4ccccc4-6)ccc3)c3ccccc32)cc(C(C)(C)C)c1.[Pt]. The van der Waals surface area contributed by atoms with Gasteiger partial charge in [-0.2, -0.15) is 12.1 Å². The predicted molar refractivity (Wildman–Crippen MR) is 387 cm³/mol. The fourth-order valence-electron chi connectivity index (χ4n) is 14.0. The number of nitrogens with zero attached hydrogens (tertiary/aromatic N) is 5. The van der Waals surface area contributed by atoms with Crippen molar-refractivity contribution in [1.82, 2.24) is 14.1 Å². The zero-order valence-corrected chi connectivity index (χ0v) is 58.4. The molecule has 93 heavy (non-hydrogen) atoms. The Morgan fingerprint density at radius 1 is 0.387 bits per heavy atom. The van der Waals surface area contributed by atoms with Crippen LogP contribution in [-0.4, -0.2) is 14.1 Å². The first kappa shape index (κ1) is 61.5. The van der Waals surface area contributed by atoms with Crippen LogP contribution in [-0.2, 0) is 48.1 Å². The van der Waals surface area contributed by atoms with Crippen LogP contribution in [0.3, 0.4) is 0 Å². The van der Waals surface area contributed by atoms with Crippen molar-refractivity contribution in [3.63, 3.8) is 0 Å². The molecule has 0 fully saturated rings. The van der Waals surface area contributed by atoms with Crippen LogP contribution in [0.1, 0.15) is 132 Å². The second-order valence-corrected chi connectivity index (χ2v) is 30.7. The number of aromatic nitrogens is 3. The van der Waals surface area contributed by atoms with E-state index in [0.717, 1.165) is 67.2 Å². The van der Waals surface area contributed by atoms with Crippen LogP contribution >= 0.6 is 0 Å². The van der Waals surface area contributed by atoms with Crippen LogP contribution in [0.4, 0.5) is 22.7 Å². The average molecular weight is 1390 g/mol. The van der Waals surface area contributed by atoms with Crippen molar-refractivity contribution in [1.29, 1.82) is 0 Å². The maximum atomic E-state index is 7.06. The molecule has 3 aromatic heterocycles. The second kappa shape index (κ2) is 22.1. The molecule has 0 saturated carbocycles. The molecule has 2 aliphatic heterocycles. The van der Waals surface area contributed by atoms with E-state index in [9.17, 15) is 0 Å². The van der Waals surface area contributed by atoms with Crippen molar-refractivity contribution in [2.24, 2.45) is 0 Å². The standard InChI is InChI=1S/C86H80N5O.Pt/c1-82(2,3)55-41-42-87-77(49-55)90-74-39-40-75-78(67-29-17-16-27-65(67)68-32-24-33-69-66-28-18-19-34-71(66)91(75)81(68)69)79(74)70-38-37-62(51-76(70)90)92-61-26-22-25-60(50-61)88-52-89(73-36-21-20-35-72(73)88)80-63(53-43-56(83(4,5)6)47-57(44-53)84(7,8)9)30-23-31-64(80)54-45-58(85(10,11)12)48-59(46-54)86(13,14)15;/h16-49,52H,1-15H3;/q-3;. The van der Waals surface area contributed by atoms with Crippen LogP contribution in [0.15, 0.2) is 206 Å². The molecule has 0 bridgehead atoms. The van der Waals surface area contributed by atoms with Gasteiger partial charge in [0.05, 0.1) is 16.7 Å². The third-order valence-electron chi connectivity index (χ3n) is 19.1. The first-order valence-corrected chi connectivity index (χ1v) is 32.6. The first-order chi connectivity index (χ1) is 43.8. The van der Waals surface area contributed by atoms with Crippen LogP contribution in [0.5, 0.6) is 11.5 Å². The van der Waals surface area contributed by atoms with E-state index in [-0.39, 0.29) is 48.1 Å². The van der Waals surface area contributed by atoms with Crippen molar-refractivity contribution in [2.75, 3.05) is 9.80 Å². The molecule has 7 heteroatoms. The minimum absolute atomic E-state index is 0. The van der Waals surface area contributed by atoms with E-state index >= 15 is 0 Å². The van der Waals surface area contributed by atoms with Crippen molar-refractivity contribution in [3.05, 3.63) is 253 Å². The summed E-state index contributed by atoms with van der Waals surface area (Å²) in [7, 11) is 0. The summed E-state index contributed by atoms with van der Waals surface area (Å²) in [6.07, 6.45) is 1.95. The van der Waals surface area contributed by atoms with Gasteiger partial charge in [-0.3, -0.25) is 0 Å². The Bertz CT molecular complexity index is 5000. The molecule has 10 aromatic carbocycles. The summed E-state index contributed by atoms with van der Waals surface area (Å²) in [4.78, 5) is 9.85. The molecular weight excluding hydrogens is 1310 g/mol. The molecule has 0 unspecified atom stereocenters. The number of para-hydroxylation sites is 5. The van der Waals surface area contributed by atoms with Gasteiger partial charge in [-0.25, -0.2) is 4.98 Å². The molecule has 0 saturated heterocycles. The van der Waals surface area contributed by atoms with E-state index in [2.05, 4.69) is 336 Å². The second-order valence-electron chi connectivity index (χ2n) is 30.7. The molecule has 2 aliphatic rings. The van der Waals surface area contributed by atoms with Gasteiger partial charge in [0.15, 0.2) is 0 Å². The number of pyridine rings is 1. The Balaban J connectivity index is 0.00000749. The van der Waals surface area contributed by atoms with Crippen molar-refractivity contribution < 1.29 is 25.8 Å². The molecule has 13 aromatic rings. The van der Waals surface area contributed by atoms with Gasteiger partial charge < -0.3 is 23.7 Å². The summed E-state index contributed by atoms with van der Waals surface area (Å²) in [5.41, 5.74) is 25.0. The normalized spacial score (nSPS) is 13.4. The van der Waals surface area contributed by atoms with Crippen molar-refractivity contribution in [3.8, 4) is 67.5 Å². The number of hydrogen-bond acceptors (Lipinski definition) is 4. The minimum atomic E-state index is -0.115. The van der Waals surface area contributed by atoms with Gasteiger partial charge in [-0.15, -0.1) is 48.1 Å². The van der Waals surface area contributed by atoms with Gasteiger partial charge in [0.2, 0.25) is 0 Å². The van der Waals surface area contributed by atoms with Crippen molar-refractivity contribution >= 4 is 66.4 Å². The van der Waals surface area contributed by atoms with Gasteiger partial charge in [0.1, 0.15) is 5.82 Å². The molecule has 468 valence electrons. The molecular formula is C86H80N5OPt-3. The molecule has 0 spiro atoms. The Morgan fingerprint density at radius 2 is 0.914 bits per heavy atom. The number of rotatable bonds is 7. The fraction of sp³-hybridized carbons (Fsp3) is 0.233. The van der Waals surface area contributed by atoms with Crippen LogP contribution in [0, 0.1) is 18.8 Å². The van der Waals surface area contributed by atoms with Gasteiger partial charge in [-0.05, 0) is 125 Å². The molecule has 6 nitrogen and oxygen atoms in total. The Labute approximate surface area is 563 Å². The summed E-state index contributed by atoms with van der Waals surface area (Å²) in [5, 5.41) is 4.67. The molecule has 0 atom stereocenters. The zero-order chi connectivity index (χ0) is 64.1. The quantitative estimate of drug-likeness (QED) is 0.149. The Hall–Kier alpha value is -8.96. The maximum Gasteiger partial charge on any atom is 0.135 e. The summed E-state index contributed by atoms with van der Waals surface area (Å²) in [5.74, 6) is 1.97. The minimum Gasteiger partial charge on any atom is -0.509 e. The van der Waals surface area contributed by atoms with E-state index in [1.54, 1.807) is 0 Å². The summed E-state index contributed by atoms with van der Waals surface area (Å²) in [6, 6.07) is 81.8. The van der Waals surface area contributed by atoms with Crippen molar-refractivity contribution in [2.45, 2.75) is 131 Å². The molecule has 0 radical (unpaired) electrons. The topological polar surface area (TPSA) is 38.5 Å². The van der Waals surface area contributed by atoms with Gasteiger partial charge in [0, 0.05) is 94.4 Å². The smallest absolute Gasteiger partial charge is 0.135 e. The number of benzene rings is 10. The van der Waals surface area contributed by atoms with E-state index < -0.39 is 0 Å². The number of fused-ring (bicyclic) bond motifs is 13. The zero-order valence-electron chi connectivity index (χ0n) is 56.2. The van der Waals surface area contributed by atoms with Crippen LogP contribution in [0.2, 0.25) is 0 Å². The largest absolute Gasteiger partial charge is 0.509 e. The Kier molecular flexibility index (Phi) is 14.6. The average Bonchev–Trinajstić information content (AvgIpc) is 1.53. The summed E-state index contributed by atoms with van der Waals surface area (Å²) < 4.78 is 11.9. The number of ether oxygens (including phenoxy) is 1. The van der Waals surface area contributed by atoms with Crippen LogP contribution in [0.25, 0.3) is 99.6 Å². The number of hydrogen-bond donors (Lipinski definition) is 0. The Morgan fingerprint density at radius 3 is 1.55 bits per heavy atom. The summed E-state index contributed by atoms with van der Waals surface area (Å²) in [6.45, 7) is 36.9. The number of anilines is 4. The molecule has 0 amide bonds. The molecule has 0 N–H and O–H groups in total. The monoisotopic (exact) mass is 1390 g/mol. The molecule has 5 heterocycles. The van der Waals surface area contributed by atoms with E-state index in [0.29, 0.717) is 11.5 Å². The van der Waals surface area contributed by atoms with E-state index in [4.69, 9.17) is 9.72 Å². The molecule has 15 rings (SSSR count). The maximum absolute atomic E-state index is 7.06. The third-order valence-corrected chi connectivity index (χ3v) is 19.1.